The van der Waals surface area contributed by atoms with Crippen LogP contribution in [0.2, 0.25) is 0 Å². The molecule has 2 N–H and O–H groups in total. The Morgan fingerprint density at radius 2 is 2.14 bits per heavy atom. The molecule has 1 aliphatic rings. The summed E-state index contributed by atoms with van der Waals surface area (Å²) in [5.41, 5.74) is 0. The lowest BCUT2D eigenvalue weighted by atomic mass is 9.94. The SMILES string of the molecule is CCC(C(=O)O)N1CCC(C(=O)Nc2ccc(Br)cn2)CC1. The zero-order valence-corrected chi connectivity index (χ0v) is 14.0. The number of carboxylic acids is 1. The Morgan fingerprint density at radius 3 is 2.64 bits per heavy atom. The van der Waals surface area contributed by atoms with Gasteiger partial charge in [0.15, 0.2) is 0 Å². The van der Waals surface area contributed by atoms with Crippen LogP contribution in [-0.2, 0) is 9.59 Å². The normalized spacial score (nSPS) is 17.9. The Morgan fingerprint density at radius 1 is 1.45 bits per heavy atom. The van der Waals surface area contributed by atoms with Crippen molar-refractivity contribution in [2.45, 2.75) is 32.2 Å². The average molecular weight is 370 g/mol. The zero-order chi connectivity index (χ0) is 16.1. The molecule has 0 saturated carbocycles. The number of pyridine rings is 1. The van der Waals surface area contributed by atoms with E-state index in [-0.39, 0.29) is 11.8 Å². The highest BCUT2D eigenvalue weighted by Crippen LogP contribution is 2.22. The summed E-state index contributed by atoms with van der Waals surface area (Å²) in [6, 6.07) is 3.12. The van der Waals surface area contributed by atoms with Crippen LogP contribution in [0.15, 0.2) is 22.8 Å². The molecule has 1 amide bonds. The molecule has 1 atom stereocenters. The van der Waals surface area contributed by atoms with E-state index >= 15 is 0 Å². The summed E-state index contributed by atoms with van der Waals surface area (Å²) in [6.07, 6.45) is 3.56. The summed E-state index contributed by atoms with van der Waals surface area (Å²) in [6.45, 7) is 3.14. The third kappa shape index (κ3) is 4.27. The van der Waals surface area contributed by atoms with Gasteiger partial charge in [0.05, 0.1) is 0 Å². The van der Waals surface area contributed by atoms with Gasteiger partial charge in [-0.05, 0) is 60.4 Å². The van der Waals surface area contributed by atoms with Crippen molar-refractivity contribution in [1.29, 1.82) is 0 Å². The van der Waals surface area contributed by atoms with Gasteiger partial charge in [-0.15, -0.1) is 0 Å². The predicted molar refractivity (Wildman–Crippen MR) is 86.6 cm³/mol. The van der Waals surface area contributed by atoms with Gasteiger partial charge in [0, 0.05) is 16.6 Å². The highest BCUT2D eigenvalue weighted by Gasteiger charge is 2.31. The molecule has 0 bridgehead atoms. The molecule has 120 valence electrons. The molecule has 1 unspecified atom stereocenters. The number of nitrogens with zero attached hydrogens (tertiary/aromatic N) is 2. The number of anilines is 1. The van der Waals surface area contributed by atoms with E-state index in [9.17, 15) is 14.7 Å². The lowest BCUT2D eigenvalue weighted by Gasteiger charge is -2.34. The van der Waals surface area contributed by atoms with Crippen molar-refractivity contribution in [3.63, 3.8) is 0 Å². The van der Waals surface area contributed by atoms with Crippen LogP contribution in [0, 0.1) is 5.92 Å². The molecule has 0 spiro atoms. The summed E-state index contributed by atoms with van der Waals surface area (Å²) >= 11 is 3.30. The molecule has 1 aromatic heterocycles. The summed E-state index contributed by atoms with van der Waals surface area (Å²) in [5, 5.41) is 12.0. The number of amides is 1. The molecule has 6 nitrogen and oxygen atoms in total. The van der Waals surface area contributed by atoms with Crippen molar-refractivity contribution in [1.82, 2.24) is 9.88 Å². The van der Waals surface area contributed by atoms with Crippen LogP contribution >= 0.6 is 15.9 Å². The zero-order valence-electron chi connectivity index (χ0n) is 12.5. The van der Waals surface area contributed by atoms with Crippen LogP contribution in [0.3, 0.4) is 0 Å². The standard InChI is InChI=1S/C15H20BrN3O3/c1-2-12(15(21)22)19-7-5-10(6-8-19)14(20)18-13-4-3-11(16)9-17-13/h3-4,9-10,12H,2,5-8H2,1H3,(H,21,22)(H,17,18,20). The van der Waals surface area contributed by atoms with Crippen molar-refractivity contribution >= 4 is 33.6 Å². The van der Waals surface area contributed by atoms with Gasteiger partial charge in [0.2, 0.25) is 5.91 Å². The molecular weight excluding hydrogens is 350 g/mol. The first kappa shape index (κ1) is 16.9. The van der Waals surface area contributed by atoms with Gasteiger partial charge < -0.3 is 10.4 Å². The maximum absolute atomic E-state index is 12.2. The first-order valence-electron chi connectivity index (χ1n) is 7.40. The molecule has 1 fully saturated rings. The summed E-state index contributed by atoms with van der Waals surface area (Å²) in [5.74, 6) is -0.386. The lowest BCUT2D eigenvalue weighted by Crippen LogP contribution is -2.46. The Balaban J connectivity index is 1.87. The number of hydrogen-bond donors (Lipinski definition) is 2. The number of nitrogens with one attached hydrogen (secondary N) is 1. The molecule has 22 heavy (non-hydrogen) atoms. The van der Waals surface area contributed by atoms with Crippen molar-refractivity contribution in [2.24, 2.45) is 5.92 Å². The van der Waals surface area contributed by atoms with Crippen LogP contribution in [0.4, 0.5) is 5.82 Å². The molecule has 2 heterocycles. The van der Waals surface area contributed by atoms with Crippen LogP contribution in [0.25, 0.3) is 0 Å². The van der Waals surface area contributed by atoms with Gasteiger partial charge in [-0.25, -0.2) is 4.98 Å². The number of carbonyl (C=O) groups excluding carboxylic acids is 1. The van der Waals surface area contributed by atoms with Gasteiger partial charge in [-0.1, -0.05) is 6.92 Å². The topological polar surface area (TPSA) is 82.5 Å². The smallest absolute Gasteiger partial charge is 0.320 e. The van der Waals surface area contributed by atoms with E-state index in [0.717, 1.165) is 4.47 Å². The fourth-order valence-electron chi connectivity index (χ4n) is 2.74. The molecule has 1 aromatic rings. The van der Waals surface area contributed by atoms with E-state index in [1.54, 1.807) is 12.3 Å². The van der Waals surface area contributed by atoms with Gasteiger partial charge in [0.25, 0.3) is 0 Å². The molecule has 0 aliphatic carbocycles. The highest BCUT2D eigenvalue weighted by atomic mass is 79.9. The Hall–Kier alpha value is -1.47. The largest absolute Gasteiger partial charge is 0.480 e. The predicted octanol–water partition coefficient (Wildman–Crippen LogP) is 2.36. The second-order valence-corrected chi connectivity index (χ2v) is 6.34. The van der Waals surface area contributed by atoms with E-state index in [1.807, 2.05) is 17.9 Å². The van der Waals surface area contributed by atoms with Crippen molar-refractivity contribution < 1.29 is 14.7 Å². The fourth-order valence-corrected chi connectivity index (χ4v) is 2.97. The molecule has 7 heteroatoms. The highest BCUT2D eigenvalue weighted by molar-refractivity contribution is 9.10. The number of hydrogen-bond acceptors (Lipinski definition) is 4. The molecule has 1 saturated heterocycles. The summed E-state index contributed by atoms with van der Waals surface area (Å²) in [4.78, 5) is 29.5. The van der Waals surface area contributed by atoms with E-state index in [1.165, 1.54) is 0 Å². The lowest BCUT2D eigenvalue weighted by molar-refractivity contribution is -0.144. The number of rotatable bonds is 5. The van der Waals surface area contributed by atoms with E-state index in [2.05, 4.69) is 26.2 Å². The monoisotopic (exact) mass is 369 g/mol. The number of aliphatic carboxylic acids is 1. The van der Waals surface area contributed by atoms with Gasteiger partial charge in [0.1, 0.15) is 11.9 Å². The quantitative estimate of drug-likeness (QED) is 0.832. The molecule has 0 radical (unpaired) electrons. The van der Waals surface area contributed by atoms with Crippen molar-refractivity contribution in [3.8, 4) is 0 Å². The van der Waals surface area contributed by atoms with Crippen molar-refractivity contribution in [3.05, 3.63) is 22.8 Å². The number of likely N-dealkylation sites (tertiary alicyclic amines) is 1. The first-order chi connectivity index (χ1) is 10.5. The summed E-state index contributed by atoms with van der Waals surface area (Å²) in [7, 11) is 0. The second kappa shape index (κ2) is 7.69. The van der Waals surface area contributed by atoms with Crippen LogP contribution in [0.1, 0.15) is 26.2 Å². The fraction of sp³-hybridized carbons (Fsp3) is 0.533. The molecule has 2 rings (SSSR count). The van der Waals surface area contributed by atoms with E-state index in [0.29, 0.717) is 38.2 Å². The Bertz CT molecular complexity index is 527. The van der Waals surface area contributed by atoms with Crippen molar-refractivity contribution in [2.75, 3.05) is 18.4 Å². The second-order valence-electron chi connectivity index (χ2n) is 5.42. The van der Waals surface area contributed by atoms with Gasteiger partial charge >= 0.3 is 5.97 Å². The van der Waals surface area contributed by atoms with Crippen LogP contribution in [0.5, 0.6) is 0 Å². The number of halogens is 1. The number of carboxylic acid groups (broad SMARTS) is 1. The Labute approximate surface area is 138 Å². The average Bonchev–Trinajstić information content (AvgIpc) is 2.50. The number of aromatic nitrogens is 1. The molecule has 0 aromatic carbocycles. The minimum atomic E-state index is -0.788. The van der Waals surface area contributed by atoms with E-state index in [4.69, 9.17) is 0 Å². The van der Waals surface area contributed by atoms with Gasteiger partial charge in [-0.2, -0.15) is 0 Å². The maximum atomic E-state index is 12.2. The number of carbonyl (C=O) groups is 2. The first-order valence-corrected chi connectivity index (χ1v) is 8.19. The Kier molecular flexibility index (Phi) is 5.90. The van der Waals surface area contributed by atoms with Crippen LogP contribution in [-0.4, -0.2) is 46.0 Å². The van der Waals surface area contributed by atoms with E-state index < -0.39 is 12.0 Å². The summed E-state index contributed by atoms with van der Waals surface area (Å²) < 4.78 is 0.859. The molecule has 1 aliphatic heterocycles. The third-order valence-electron chi connectivity index (χ3n) is 3.99. The van der Waals surface area contributed by atoms with Crippen LogP contribution < -0.4 is 5.32 Å². The third-order valence-corrected chi connectivity index (χ3v) is 4.46. The number of piperidine rings is 1. The molecular formula is C15H20BrN3O3. The minimum Gasteiger partial charge on any atom is -0.480 e. The minimum absolute atomic E-state index is 0.0437. The van der Waals surface area contributed by atoms with Gasteiger partial charge in [-0.3, -0.25) is 14.5 Å². The maximum Gasteiger partial charge on any atom is 0.320 e.